The van der Waals surface area contributed by atoms with Gasteiger partial charge in [0.05, 0.1) is 12.8 Å². The average molecular weight is 390 g/mol. The van der Waals surface area contributed by atoms with Crippen LogP contribution in [0.4, 0.5) is 13.2 Å². The molecule has 0 aromatic carbocycles. The van der Waals surface area contributed by atoms with E-state index in [-0.39, 0.29) is 24.7 Å². The third-order valence-electron chi connectivity index (χ3n) is 5.20. The molecule has 0 bridgehead atoms. The van der Waals surface area contributed by atoms with Crippen LogP contribution in [0.1, 0.15) is 51.5 Å². The lowest BCUT2D eigenvalue weighted by Gasteiger charge is -2.38. The van der Waals surface area contributed by atoms with Crippen molar-refractivity contribution in [1.29, 1.82) is 0 Å². The zero-order valence-corrected chi connectivity index (χ0v) is 16.0. The van der Waals surface area contributed by atoms with E-state index >= 15 is 0 Å². The average Bonchev–Trinajstić information content (AvgIpc) is 3.10. The quantitative estimate of drug-likeness (QED) is 0.741. The maximum Gasteiger partial charge on any atom is 0.390 e. The van der Waals surface area contributed by atoms with E-state index in [1.54, 1.807) is 4.90 Å². The maximum absolute atomic E-state index is 12.5. The molecule has 1 aromatic heterocycles. The number of carbonyl (C=O) groups excluding carboxylic acids is 1. The van der Waals surface area contributed by atoms with Crippen LogP contribution in [0.2, 0.25) is 0 Å². The van der Waals surface area contributed by atoms with Gasteiger partial charge in [0.15, 0.2) is 0 Å². The zero-order valence-electron chi connectivity index (χ0n) is 16.0. The third-order valence-corrected chi connectivity index (χ3v) is 5.20. The van der Waals surface area contributed by atoms with Gasteiger partial charge in [-0.15, -0.1) is 0 Å². The van der Waals surface area contributed by atoms with Crippen LogP contribution in [0.15, 0.2) is 12.4 Å². The van der Waals surface area contributed by atoms with Crippen LogP contribution in [0.3, 0.4) is 0 Å². The van der Waals surface area contributed by atoms with Crippen LogP contribution in [0.5, 0.6) is 0 Å². The van der Waals surface area contributed by atoms with E-state index in [1.165, 1.54) is 17.0 Å². The van der Waals surface area contributed by atoms with Crippen molar-refractivity contribution in [3.8, 4) is 0 Å². The molecule has 1 atom stereocenters. The number of amides is 1. The Morgan fingerprint density at radius 2 is 1.96 bits per heavy atom. The van der Waals surface area contributed by atoms with Gasteiger partial charge in [-0.2, -0.15) is 13.2 Å². The van der Waals surface area contributed by atoms with E-state index in [9.17, 15) is 23.1 Å². The summed E-state index contributed by atoms with van der Waals surface area (Å²) in [6, 6.07) is 0.468. The number of alkyl halides is 3. The number of rotatable bonds is 8. The van der Waals surface area contributed by atoms with Gasteiger partial charge in [-0.3, -0.25) is 4.79 Å². The predicted octanol–water partition coefficient (Wildman–Crippen LogP) is 2.59. The van der Waals surface area contributed by atoms with Crippen molar-refractivity contribution < 1.29 is 23.1 Å². The smallest absolute Gasteiger partial charge is 0.385 e. The number of carbonyl (C=O) groups is 1. The molecule has 1 aromatic rings. The van der Waals surface area contributed by atoms with Gasteiger partial charge in [0.1, 0.15) is 11.9 Å². The number of piperidine rings is 1. The number of hydrogen-bond donors (Lipinski definition) is 1. The summed E-state index contributed by atoms with van der Waals surface area (Å²) in [5.41, 5.74) is 0. The van der Waals surface area contributed by atoms with Gasteiger partial charge in [0, 0.05) is 38.1 Å². The summed E-state index contributed by atoms with van der Waals surface area (Å²) in [5.74, 6) is -0.0866. The molecule has 6 nitrogen and oxygen atoms in total. The first-order chi connectivity index (χ1) is 12.7. The Morgan fingerprint density at radius 1 is 1.33 bits per heavy atom. The molecule has 1 N–H and O–H groups in total. The van der Waals surface area contributed by atoms with Crippen molar-refractivity contribution in [2.45, 2.75) is 64.4 Å². The van der Waals surface area contributed by atoms with Gasteiger partial charge in [0.25, 0.3) is 0 Å². The lowest BCUT2D eigenvalue weighted by atomic mass is 10.0. The number of aromatic nitrogens is 2. The van der Waals surface area contributed by atoms with Gasteiger partial charge >= 0.3 is 6.18 Å². The first-order valence-electron chi connectivity index (χ1n) is 9.52. The highest BCUT2D eigenvalue weighted by Gasteiger charge is 2.29. The molecule has 1 aliphatic rings. The minimum Gasteiger partial charge on any atom is -0.385 e. The summed E-state index contributed by atoms with van der Waals surface area (Å²) in [6.07, 6.45) is -2.14. The van der Waals surface area contributed by atoms with Crippen molar-refractivity contribution in [2.24, 2.45) is 0 Å². The SMILES string of the molecule is CCN(CC)C1CCN(C(=O)CC(O)c2nccn2CCC(F)(F)F)CC1. The Labute approximate surface area is 158 Å². The second-order valence-corrected chi connectivity index (χ2v) is 6.90. The fourth-order valence-corrected chi connectivity index (χ4v) is 3.66. The number of likely N-dealkylation sites (tertiary alicyclic amines) is 1. The lowest BCUT2D eigenvalue weighted by molar-refractivity contribution is -0.138. The molecular formula is C18H29F3N4O2. The summed E-state index contributed by atoms with van der Waals surface area (Å²) in [4.78, 5) is 20.5. The molecule has 2 rings (SSSR count). The lowest BCUT2D eigenvalue weighted by Crippen LogP contribution is -2.46. The molecular weight excluding hydrogens is 361 g/mol. The fraction of sp³-hybridized carbons (Fsp3) is 0.778. The standard InChI is InChI=1S/C18H29F3N4O2/c1-3-23(4-2)14-5-9-24(10-6-14)16(27)13-15(26)17-22-8-12-25(17)11-7-18(19,20)21/h8,12,14-15,26H,3-7,9-11,13H2,1-2H3. The van der Waals surface area contributed by atoms with Gasteiger partial charge in [-0.1, -0.05) is 13.8 Å². The predicted molar refractivity (Wildman–Crippen MR) is 95.0 cm³/mol. The Hall–Kier alpha value is -1.61. The maximum atomic E-state index is 12.5. The number of halogens is 3. The number of hydrogen-bond acceptors (Lipinski definition) is 4. The van der Waals surface area contributed by atoms with Crippen LogP contribution < -0.4 is 0 Å². The van der Waals surface area contributed by atoms with E-state index in [1.807, 2.05) is 0 Å². The van der Waals surface area contributed by atoms with Crippen molar-refractivity contribution >= 4 is 5.91 Å². The molecule has 154 valence electrons. The Morgan fingerprint density at radius 3 is 2.52 bits per heavy atom. The molecule has 2 heterocycles. The molecule has 9 heteroatoms. The zero-order chi connectivity index (χ0) is 20.0. The van der Waals surface area contributed by atoms with Gasteiger partial charge in [-0.05, 0) is 25.9 Å². The monoisotopic (exact) mass is 390 g/mol. The van der Waals surface area contributed by atoms with E-state index < -0.39 is 18.7 Å². The van der Waals surface area contributed by atoms with Crippen LogP contribution >= 0.6 is 0 Å². The highest BCUT2D eigenvalue weighted by molar-refractivity contribution is 5.76. The third kappa shape index (κ3) is 6.21. The van der Waals surface area contributed by atoms with Crippen molar-refractivity contribution in [2.75, 3.05) is 26.2 Å². The van der Waals surface area contributed by atoms with Crippen molar-refractivity contribution in [3.05, 3.63) is 18.2 Å². The van der Waals surface area contributed by atoms with Crippen LogP contribution in [-0.2, 0) is 11.3 Å². The van der Waals surface area contributed by atoms with Gasteiger partial charge < -0.3 is 19.5 Å². The molecule has 1 fully saturated rings. The molecule has 1 saturated heterocycles. The summed E-state index contributed by atoms with van der Waals surface area (Å²) < 4.78 is 38.5. The summed E-state index contributed by atoms with van der Waals surface area (Å²) in [6.45, 7) is 7.16. The molecule has 0 aliphatic carbocycles. The molecule has 0 saturated carbocycles. The van der Waals surface area contributed by atoms with Gasteiger partial charge in [0.2, 0.25) is 5.91 Å². The van der Waals surface area contributed by atoms with Crippen molar-refractivity contribution in [3.63, 3.8) is 0 Å². The van der Waals surface area contributed by atoms with Crippen LogP contribution in [0.25, 0.3) is 0 Å². The Bertz CT molecular complexity index is 594. The largest absolute Gasteiger partial charge is 0.390 e. The molecule has 1 aliphatic heterocycles. The first-order valence-corrected chi connectivity index (χ1v) is 9.52. The van der Waals surface area contributed by atoms with E-state index in [4.69, 9.17) is 0 Å². The number of aryl methyl sites for hydroxylation is 1. The van der Waals surface area contributed by atoms with Gasteiger partial charge in [-0.25, -0.2) is 4.98 Å². The normalized spacial score (nSPS) is 17.5. The molecule has 27 heavy (non-hydrogen) atoms. The second-order valence-electron chi connectivity index (χ2n) is 6.90. The van der Waals surface area contributed by atoms with Crippen LogP contribution in [-0.4, -0.2) is 68.8 Å². The van der Waals surface area contributed by atoms with E-state index in [0.717, 1.165) is 25.9 Å². The fourth-order valence-electron chi connectivity index (χ4n) is 3.66. The summed E-state index contributed by atoms with van der Waals surface area (Å²) in [7, 11) is 0. The second kappa shape index (κ2) is 9.54. The molecule has 1 unspecified atom stereocenters. The number of imidazole rings is 1. The Balaban J connectivity index is 1.87. The number of aliphatic hydroxyl groups is 1. The topological polar surface area (TPSA) is 61.6 Å². The highest BCUT2D eigenvalue weighted by atomic mass is 19.4. The Kier molecular flexibility index (Phi) is 7.67. The first kappa shape index (κ1) is 21.7. The molecule has 0 radical (unpaired) electrons. The minimum atomic E-state index is -4.28. The van der Waals surface area contributed by atoms with Crippen LogP contribution in [0, 0.1) is 0 Å². The summed E-state index contributed by atoms with van der Waals surface area (Å²) >= 11 is 0. The summed E-state index contributed by atoms with van der Waals surface area (Å²) in [5, 5.41) is 10.3. The van der Waals surface area contributed by atoms with Crippen molar-refractivity contribution in [1.82, 2.24) is 19.4 Å². The number of aliphatic hydroxyl groups excluding tert-OH is 1. The van der Waals surface area contributed by atoms with E-state index in [0.29, 0.717) is 19.1 Å². The molecule has 0 spiro atoms. The number of nitrogens with zero attached hydrogens (tertiary/aromatic N) is 4. The minimum absolute atomic E-state index is 0.102. The highest BCUT2D eigenvalue weighted by Crippen LogP contribution is 2.23. The molecule has 1 amide bonds. The van der Waals surface area contributed by atoms with E-state index in [2.05, 4.69) is 23.7 Å².